The second-order valence-electron chi connectivity index (χ2n) is 7.01. The summed E-state index contributed by atoms with van der Waals surface area (Å²) in [6.07, 6.45) is 1.46. The molecule has 2 aromatic rings. The van der Waals surface area contributed by atoms with Gasteiger partial charge in [-0.3, -0.25) is 13.9 Å². The fourth-order valence-corrected chi connectivity index (χ4v) is 4.65. The number of halogens is 2. The van der Waals surface area contributed by atoms with Crippen LogP contribution in [0, 0.1) is 0 Å². The minimum absolute atomic E-state index is 0.0322. The molecule has 3 rings (SSSR count). The normalized spacial score (nSPS) is 15.6. The van der Waals surface area contributed by atoms with Gasteiger partial charge in [0.1, 0.15) is 5.56 Å². The van der Waals surface area contributed by atoms with Crippen LogP contribution >= 0.6 is 23.2 Å². The van der Waals surface area contributed by atoms with Crippen LogP contribution in [0.3, 0.4) is 0 Å². The van der Waals surface area contributed by atoms with E-state index in [0.29, 0.717) is 34.6 Å². The molecule has 0 atom stereocenters. The van der Waals surface area contributed by atoms with Crippen LogP contribution in [0.4, 0.5) is 0 Å². The maximum Gasteiger partial charge on any atom is 0.259 e. The molecule has 1 aromatic heterocycles. The van der Waals surface area contributed by atoms with E-state index in [9.17, 15) is 19.2 Å². The van der Waals surface area contributed by atoms with Gasteiger partial charge < -0.3 is 19.7 Å². The molecular formula is C19H23Cl2N3O4S. The number of carbonyl (C=O) groups excluding carboxylic acids is 1. The van der Waals surface area contributed by atoms with E-state index in [0.717, 1.165) is 18.7 Å². The Balaban J connectivity index is 1.66. The number of benzene rings is 1. The summed E-state index contributed by atoms with van der Waals surface area (Å²) in [6.45, 7) is 2.78. The van der Waals surface area contributed by atoms with Crippen LogP contribution in [-0.4, -0.2) is 72.9 Å². The number of hydrogen-bond donors (Lipinski definition) is 2. The largest absolute Gasteiger partial charge is 0.503 e. The van der Waals surface area contributed by atoms with Crippen molar-refractivity contribution in [3.63, 3.8) is 0 Å². The Hall–Kier alpha value is -1.74. The highest BCUT2D eigenvalue weighted by Crippen LogP contribution is 2.32. The van der Waals surface area contributed by atoms with Crippen molar-refractivity contribution in [3.05, 3.63) is 45.6 Å². The topological polar surface area (TPSA) is 86.0 Å². The maximum absolute atomic E-state index is 12.8. The number of carbonyl (C=O) groups is 1. The van der Waals surface area contributed by atoms with Gasteiger partial charge in [0.2, 0.25) is 5.88 Å². The Labute approximate surface area is 181 Å². The van der Waals surface area contributed by atoms with E-state index in [1.54, 1.807) is 25.2 Å². The number of aromatic hydroxyl groups is 2. The van der Waals surface area contributed by atoms with Crippen molar-refractivity contribution < 1.29 is 19.2 Å². The summed E-state index contributed by atoms with van der Waals surface area (Å²) < 4.78 is 12.9. The van der Waals surface area contributed by atoms with E-state index in [1.165, 1.54) is 15.7 Å². The van der Waals surface area contributed by atoms with Crippen LogP contribution in [-0.2, 0) is 23.9 Å². The lowest BCUT2D eigenvalue weighted by Gasteiger charge is -2.26. The number of hydrogen-bond acceptors (Lipinski definition) is 5. The molecule has 1 aliphatic rings. The van der Waals surface area contributed by atoms with Gasteiger partial charge in [-0.15, -0.1) is 0 Å². The molecule has 1 aliphatic heterocycles. The summed E-state index contributed by atoms with van der Waals surface area (Å²) in [4.78, 5) is 16.3. The average molecular weight is 460 g/mol. The van der Waals surface area contributed by atoms with E-state index >= 15 is 0 Å². The molecule has 10 heteroatoms. The predicted molar refractivity (Wildman–Crippen MR) is 114 cm³/mol. The molecule has 1 fully saturated rings. The van der Waals surface area contributed by atoms with E-state index in [2.05, 4.69) is 4.90 Å². The lowest BCUT2D eigenvalue weighted by atomic mass is 10.2. The summed E-state index contributed by atoms with van der Waals surface area (Å²) in [5.41, 5.74) is 0.825. The third kappa shape index (κ3) is 5.25. The maximum atomic E-state index is 12.8. The van der Waals surface area contributed by atoms with Gasteiger partial charge >= 0.3 is 0 Å². The molecule has 7 nitrogen and oxygen atoms in total. The number of aromatic nitrogens is 1. The van der Waals surface area contributed by atoms with Crippen LogP contribution in [0.1, 0.15) is 15.9 Å². The zero-order chi connectivity index (χ0) is 21.1. The van der Waals surface area contributed by atoms with Crippen molar-refractivity contribution in [2.75, 3.05) is 38.2 Å². The van der Waals surface area contributed by atoms with Crippen molar-refractivity contribution in [2.45, 2.75) is 13.1 Å². The van der Waals surface area contributed by atoms with Crippen LogP contribution in [0.2, 0.25) is 10.0 Å². The van der Waals surface area contributed by atoms with Gasteiger partial charge in [0.15, 0.2) is 5.75 Å². The Morgan fingerprint density at radius 3 is 2.52 bits per heavy atom. The van der Waals surface area contributed by atoms with Crippen molar-refractivity contribution in [2.24, 2.45) is 0 Å². The lowest BCUT2D eigenvalue weighted by Crippen LogP contribution is -2.39. The molecule has 1 amide bonds. The summed E-state index contributed by atoms with van der Waals surface area (Å²) in [5.74, 6) is 0.0989. The summed E-state index contributed by atoms with van der Waals surface area (Å²) in [5, 5.41) is 21.3. The Morgan fingerprint density at radius 2 is 1.86 bits per heavy atom. The molecule has 1 saturated heterocycles. The molecule has 0 aliphatic carbocycles. The fourth-order valence-electron chi connectivity index (χ4n) is 3.20. The SMILES string of the molecule is CN(Cc1ccc(Cl)c(Cl)c1)C(=O)c1cn(CCN2CCS(=O)CC2)c(O)c1O. The third-order valence-corrected chi connectivity index (χ3v) is 6.95. The van der Waals surface area contributed by atoms with Crippen molar-refractivity contribution >= 4 is 39.9 Å². The highest BCUT2D eigenvalue weighted by Gasteiger charge is 2.24. The van der Waals surface area contributed by atoms with Gasteiger partial charge in [-0.05, 0) is 17.7 Å². The molecule has 0 saturated carbocycles. The summed E-state index contributed by atoms with van der Waals surface area (Å²) in [7, 11) is 0.856. The summed E-state index contributed by atoms with van der Waals surface area (Å²) in [6, 6.07) is 5.11. The predicted octanol–water partition coefficient (Wildman–Crippen LogP) is 2.54. The van der Waals surface area contributed by atoms with Gasteiger partial charge in [0.25, 0.3) is 5.91 Å². The molecule has 0 spiro atoms. The van der Waals surface area contributed by atoms with Gasteiger partial charge in [-0.25, -0.2) is 0 Å². The average Bonchev–Trinajstić information content (AvgIpc) is 2.98. The molecule has 2 heterocycles. The summed E-state index contributed by atoms with van der Waals surface area (Å²) >= 11 is 11.9. The minimum Gasteiger partial charge on any atom is -0.503 e. The highest BCUT2D eigenvalue weighted by molar-refractivity contribution is 7.85. The van der Waals surface area contributed by atoms with Crippen LogP contribution in [0.15, 0.2) is 24.4 Å². The van der Waals surface area contributed by atoms with Gasteiger partial charge in [-0.1, -0.05) is 29.3 Å². The number of rotatable bonds is 6. The molecule has 2 N–H and O–H groups in total. The molecule has 29 heavy (non-hydrogen) atoms. The lowest BCUT2D eigenvalue weighted by molar-refractivity contribution is 0.0782. The first kappa shape index (κ1) is 22.0. The first-order chi connectivity index (χ1) is 13.8. The second-order valence-corrected chi connectivity index (χ2v) is 9.52. The first-order valence-corrected chi connectivity index (χ1v) is 11.4. The molecule has 0 radical (unpaired) electrons. The Kier molecular flexibility index (Phi) is 7.10. The fraction of sp³-hybridized carbons (Fsp3) is 0.421. The highest BCUT2D eigenvalue weighted by atomic mass is 35.5. The molecular weight excluding hydrogens is 437 g/mol. The third-order valence-electron chi connectivity index (χ3n) is 4.93. The van der Waals surface area contributed by atoms with Crippen LogP contribution < -0.4 is 0 Å². The quantitative estimate of drug-likeness (QED) is 0.692. The first-order valence-electron chi connectivity index (χ1n) is 9.14. The van der Waals surface area contributed by atoms with Crippen molar-refractivity contribution in [1.82, 2.24) is 14.4 Å². The van der Waals surface area contributed by atoms with Gasteiger partial charge in [-0.2, -0.15) is 0 Å². The monoisotopic (exact) mass is 459 g/mol. The van der Waals surface area contributed by atoms with Crippen LogP contribution in [0.5, 0.6) is 11.6 Å². The van der Waals surface area contributed by atoms with E-state index in [1.807, 2.05) is 0 Å². The van der Waals surface area contributed by atoms with E-state index in [-0.39, 0.29) is 18.0 Å². The second kappa shape index (κ2) is 9.38. The van der Waals surface area contributed by atoms with Crippen LogP contribution in [0.25, 0.3) is 0 Å². The number of nitrogens with zero attached hydrogens (tertiary/aromatic N) is 3. The zero-order valence-electron chi connectivity index (χ0n) is 16.0. The molecule has 1 aromatic carbocycles. The van der Waals surface area contributed by atoms with E-state index < -0.39 is 22.5 Å². The zero-order valence-corrected chi connectivity index (χ0v) is 18.3. The number of amides is 1. The molecule has 0 bridgehead atoms. The molecule has 0 unspecified atom stereocenters. The van der Waals surface area contributed by atoms with Gasteiger partial charge in [0.05, 0.1) is 10.0 Å². The van der Waals surface area contributed by atoms with Gasteiger partial charge in [0, 0.05) is 68.3 Å². The minimum atomic E-state index is -0.748. The molecule has 158 valence electrons. The smallest absolute Gasteiger partial charge is 0.259 e. The standard InChI is InChI=1S/C19H23Cl2N3O4S/c1-22(11-13-2-3-15(20)16(21)10-13)18(26)14-12-24(19(27)17(14)25)5-4-23-6-8-29(28)9-7-23/h2-3,10,12,25,27H,4-9,11H2,1H3. The Morgan fingerprint density at radius 1 is 1.17 bits per heavy atom. The van der Waals surface area contributed by atoms with E-state index in [4.69, 9.17) is 23.2 Å². The van der Waals surface area contributed by atoms with Crippen molar-refractivity contribution in [3.8, 4) is 11.6 Å². The van der Waals surface area contributed by atoms with Crippen molar-refractivity contribution in [1.29, 1.82) is 0 Å². The Bertz CT molecular complexity index is 924.